The molecule has 5 heteroatoms. The maximum Gasteiger partial charge on any atom is 0.231 e. The number of aromatic nitrogens is 1. The molecule has 0 radical (unpaired) electrons. The van der Waals surface area contributed by atoms with Gasteiger partial charge in [0.15, 0.2) is 0 Å². The van der Waals surface area contributed by atoms with Crippen LogP contribution in [-0.4, -0.2) is 16.9 Å². The second-order valence-corrected chi connectivity index (χ2v) is 7.34. The summed E-state index contributed by atoms with van der Waals surface area (Å²) in [6.45, 7) is 3.83. The number of pyridine rings is 1. The number of carbonyl (C=O) groups excluding carboxylic acids is 1. The summed E-state index contributed by atoms with van der Waals surface area (Å²) in [7, 11) is 0. The van der Waals surface area contributed by atoms with Crippen molar-refractivity contribution in [2.75, 3.05) is 0 Å². The van der Waals surface area contributed by atoms with E-state index in [4.69, 9.17) is 5.26 Å². The standard InChI is InChI=1S/C18H23N3OS/c1-18(2,17(22)21-14-7-4-3-5-8-14)16-10-9-15(13-20-16)23-12-6-11-19/h6,9-10,12-14H,3-5,7-8H2,1-2H3,(H,21,22)/b12-6+. The maximum absolute atomic E-state index is 12.6. The summed E-state index contributed by atoms with van der Waals surface area (Å²) >= 11 is 1.44. The second kappa shape index (κ2) is 8.16. The highest BCUT2D eigenvalue weighted by molar-refractivity contribution is 8.02. The minimum absolute atomic E-state index is 0.0432. The fourth-order valence-electron chi connectivity index (χ4n) is 2.69. The lowest BCUT2D eigenvalue weighted by Crippen LogP contribution is -2.46. The van der Waals surface area contributed by atoms with E-state index in [-0.39, 0.29) is 5.91 Å². The van der Waals surface area contributed by atoms with Crippen LogP contribution in [0.3, 0.4) is 0 Å². The summed E-state index contributed by atoms with van der Waals surface area (Å²) in [6, 6.07) is 6.09. The number of hydrogen-bond acceptors (Lipinski definition) is 4. The van der Waals surface area contributed by atoms with E-state index in [1.165, 1.54) is 37.1 Å². The van der Waals surface area contributed by atoms with Gasteiger partial charge in [0, 0.05) is 23.2 Å². The average molecular weight is 329 g/mol. The molecule has 1 aliphatic rings. The minimum atomic E-state index is -0.650. The maximum atomic E-state index is 12.6. The van der Waals surface area contributed by atoms with Crippen molar-refractivity contribution in [3.63, 3.8) is 0 Å². The van der Waals surface area contributed by atoms with Gasteiger partial charge in [-0.3, -0.25) is 9.78 Å². The zero-order chi connectivity index (χ0) is 16.7. The molecular formula is C18H23N3OS. The topological polar surface area (TPSA) is 65.8 Å². The Labute approximate surface area is 142 Å². The number of amides is 1. The summed E-state index contributed by atoms with van der Waals surface area (Å²) in [6.07, 6.45) is 9.01. The van der Waals surface area contributed by atoms with Crippen LogP contribution in [0, 0.1) is 11.3 Å². The van der Waals surface area contributed by atoms with Crippen LogP contribution in [0.4, 0.5) is 0 Å². The Bertz CT molecular complexity index is 596. The Balaban J connectivity index is 2.01. The molecule has 1 aromatic rings. The zero-order valence-electron chi connectivity index (χ0n) is 13.7. The van der Waals surface area contributed by atoms with Gasteiger partial charge in [-0.25, -0.2) is 0 Å². The van der Waals surface area contributed by atoms with E-state index in [0.29, 0.717) is 6.04 Å². The molecule has 1 heterocycles. The van der Waals surface area contributed by atoms with Crippen LogP contribution in [-0.2, 0) is 10.2 Å². The van der Waals surface area contributed by atoms with Gasteiger partial charge in [-0.1, -0.05) is 31.0 Å². The molecule has 4 nitrogen and oxygen atoms in total. The SMILES string of the molecule is CC(C)(C(=O)NC1CCCCC1)c1ccc(S/C=C/C#N)cn1. The average Bonchev–Trinajstić information content (AvgIpc) is 2.56. The molecule has 1 aromatic heterocycles. The first kappa shape index (κ1) is 17.6. The first-order chi connectivity index (χ1) is 11.0. The minimum Gasteiger partial charge on any atom is -0.353 e. The van der Waals surface area contributed by atoms with Crippen molar-refractivity contribution in [3.05, 3.63) is 35.5 Å². The fourth-order valence-corrected chi connectivity index (χ4v) is 3.24. The Morgan fingerprint density at radius 1 is 1.39 bits per heavy atom. The molecular weight excluding hydrogens is 306 g/mol. The number of carbonyl (C=O) groups is 1. The molecule has 1 N–H and O–H groups in total. The van der Waals surface area contributed by atoms with Crippen LogP contribution in [0.15, 0.2) is 34.7 Å². The quantitative estimate of drug-likeness (QED) is 0.656. The van der Waals surface area contributed by atoms with Crippen molar-refractivity contribution in [2.45, 2.75) is 62.3 Å². The van der Waals surface area contributed by atoms with Gasteiger partial charge in [0.25, 0.3) is 0 Å². The molecule has 0 aromatic carbocycles. The molecule has 23 heavy (non-hydrogen) atoms. The fraction of sp³-hybridized carbons (Fsp3) is 0.500. The summed E-state index contributed by atoms with van der Waals surface area (Å²) in [4.78, 5) is 18.0. The number of nitrogens with one attached hydrogen (secondary N) is 1. The third kappa shape index (κ3) is 4.84. The van der Waals surface area contributed by atoms with E-state index in [1.54, 1.807) is 11.6 Å². The van der Waals surface area contributed by atoms with Crippen LogP contribution in [0.1, 0.15) is 51.6 Å². The van der Waals surface area contributed by atoms with E-state index in [0.717, 1.165) is 23.4 Å². The summed E-state index contributed by atoms with van der Waals surface area (Å²) in [5.41, 5.74) is 0.114. The number of thioether (sulfide) groups is 1. The number of nitriles is 1. The van der Waals surface area contributed by atoms with Crippen molar-refractivity contribution < 1.29 is 4.79 Å². The van der Waals surface area contributed by atoms with Crippen molar-refractivity contribution in [3.8, 4) is 6.07 Å². The van der Waals surface area contributed by atoms with Crippen LogP contribution in [0.5, 0.6) is 0 Å². The lowest BCUT2D eigenvalue weighted by Gasteiger charge is -2.29. The highest BCUT2D eigenvalue weighted by Gasteiger charge is 2.32. The normalized spacial score (nSPS) is 16.2. The second-order valence-electron chi connectivity index (χ2n) is 6.36. The van der Waals surface area contributed by atoms with Gasteiger partial charge in [0.2, 0.25) is 5.91 Å². The van der Waals surface area contributed by atoms with Gasteiger partial charge in [-0.2, -0.15) is 5.26 Å². The lowest BCUT2D eigenvalue weighted by molar-refractivity contribution is -0.126. The highest BCUT2D eigenvalue weighted by Crippen LogP contribution is 2.26. The predicted octanol–water partition coefficient (Wildman–Crippen LogP) is 3.94. The molecule has 2 rings (SSSR count). The van der Waals surface area contributed by atoms with Crippen LogP contribution in [0.25, 0.3) is 0 Å². The third-order valence-corrected chi connectivity index (χ3v) is 5.02. The van der Waals surface area contributed by atoms with E-state index in [1.807, 2.05) is 32.0 Å². The van der Waals surface area contributed by atoms with Gasteiger partial charge >= 0.3 is 0 Å². The van der Waals surface area contributed by atoms with E-state index in [9.17, 15) is 4.79 Å². The number of allylic oxidation sites excluding steroid dienone is 1. The molecule has 0 saturated heterocycles. The molecule has 1 amide bonds. The monoisotopic (exact) mass is 329 g/mol. The first-order valence-corrected chi connectivity index (χ1v) is 8.91. The first-order valence-electron chi connectivity index (χ1n) is 8.03. The zero-order valence-corrected chi connectivity index (χ0v) is 14.5. The molecule has 0 unspecified atom stereocenters. The van der Waals surface area contributed by atoms with Gasteiger partial charge in [-0.15, -0.1) is 0 Å². The molecule has 0 aliphatic heterocycles. The highest BCUT2D eigenvalue weighted by atomic mass is 32.2. The Kier molecular flexibility index (Phi) is 6.23. The van der Waals surface area contributed by atoms with Crippen molar-refractivity contribution in [2.24, 2.45) is 0 Å². The molecule has 0 bridgehead atoms. The van der Waals surface area contributed by atoms with Gasteiger partial charge in [0.05, 0.1) is 17.2 Å². The van der Waals surface area contributed by atoms with Crippen molar-refractivity contribution >= 4 is 17.7 Å². The summed E-state index contributed by atoms with van der Waals surface area (Å²) < 4.78 is 0. The molecule has 122 valence electrons. The lowest BCUT2D eigenvalue weighted by atomic mass is 9.86. The van der Waals surface area contributed by atoms with E-state index >= 15 is 0 Å². The molecule has 1 aliphatic carbocycles. The van der Waals surface area contributed by atoms with Crippen molar-refractivity contribution in [1.29, 1.82) is 5.26 Å². The molecule has 0 atom stereocenters. The van der Waals surface area contributed by atoms with Crippen molar-refractivity contribution in [1.82, 2.24) is 10.3 Å². The summed E-state index contributed by atoms with van der Waals surface area (Å²) in [5, 5.41) is 13.4. The Morgan fingerprint density at radius 3 is 2.74 bits per heavy atom. The summed E-state index contributed by atoms with van der Waals surface area (Å²) in [5.74, 6) is 0.0432. The molecule has 1 fully saturated rings. The van der Waals surface area contributed by atoms with Gasteiger partial charge in [0.1, 0.15) is 0 Å². The molecule has 1 saturated carbocycles. The van der Waals surface area contributed by atoms with E-state index in [2.05, 4.69) is 10.3 Å². The molecule has 0 spiro atoms. The third-order valence-electron chi connectivity index (χ3n) is 4.23. The smallest absolute Gasteiger partial charge is 0.231 e. The number of rotatable bonds is 5. The van der Waals surface area contributed by atoms with Gasteiger partial charge < -0.3 is 5.32 Å². The number of hydrogen-bond donors (Lipinski definition) is 1. The predicted molar refractivity (Wildman–Crippen MR) is 92.9 cm³/mol. The van der Waals surface area contributed by atoms with Gasteiger partial charge in [-0.05, 0) is 44.2 Å². The van der Waals surface area contributed by atoms with Crippen LogP contribution >= 0.6 is 11.8 Å². The van der Waals surface area contributed by atoms with E-state index < -0.39 is 5.41 Å². The Morgan fingerprint density at radius 2 is 2.13 bits per heavy atom. The van der Waals surface area contributed by atoms with Crippen LogP contribution in [0.2, 0.25) is 0 Å². The van der Waals surface area contributed by atoms with Crippen LogP contribution < -0.4 is 5.32 Å². The number of nitrogens with zero attached hydrogens (tertiary/aromatic N) is 2. The Hall–Kier alpha value is -1.80. The largest absolute Gasteiger partial charge is 0.353 e.